The van der Waals surface area contributed by atoms with E-state index in [4.69, 9.17) is 4.74 Å². The van der Waals surface area contributed by atoms with Crippen molar-refractivity contribution in [2.24, 2.45) is 0 Å². The first-order chi connectivity index (χ1) is 11.4. The molecule has 0 fully saturated rings. The smallest absolute Gasteiger partial charge is 0.250 e. The molecule has 5 nitrogen and oxygen atoms in total. The Hall–Kier alpha value is -2.47. The standard InChI is InChI=1S/C18H18N2O3S/c1-11-8-9-14(23-3)13(10-11)20-17(22)18(2)16(21)19-12-6-4-5-7-15(12)24-18/h4-10H,1-3H3,(H,19,21)(H,20,22). The molecule has 1 heterocycles. The van der Waals surface area contributed by atoms with Gasteiger partial charge in [-0.15, -0.1) is 0 Å². The number of nitrogens with one attached hydrogen (secondary N) is 2. The van der Waals surface area contributed by atoms with Gasteiger partial charge in [0.1, 0.15) is 5.75 Å². The molecule has 2 aromatic carbocycles. The summed E-state index contributed by atoms with van der Waals surface area (Å²) in [5, 5.41) is 5.63. The summed E-state index contributed by atoms with van der Waals surface area (Å²) >= 11 is 1.25. The van der Waals surface area contributed by atoms with E-state index in [1.54, 1.807) is 20.1 Å². The lowest BCUT2D eigenvalue weighted by molar-refractivity contribution is -0.126. The second-order valence-electron chi connectivity index (χ2n) is 5.74. The number of hydrogen-bond acceptors (Lipinski definition) is 4. The third kappa shape index (κ3) is 2.85. The Kier molecular flexibility index (Phi) is 4.24. The van der Waals surface area contributed by atoms with Crippen molar-refractivity contribution in [1.82, 2.24) is 0 Å². The number of benzene rings is 2. The minimum absolute atomic E-state index is 0.338. The molecule has 1 atom stereocenters. The predicted molar refractivity (Wildman–Crippen MR) is 95.7 cm³/mol. The van der Waals surface area contributed by atoms with Crippen LogP contribution in [-0.2, 0) is 9.59 Å². The highest BCUT2D eigenvalue weighted by molar-refractivity contribution is 8.02. The summed E-state index contributed by atoms with van der Waals surface area (Å²) in [5.41, 5.74) is 2.27. The van der Waals surface area contributed by atoms with Crippen molar-refractivity contribution in [3.63, 3.8) is 0 Å². The number of aryl methyl sites for hydroxylation is 1. The van der Waals surface area contributed by atoms with Gasteiger partial charge in [-0.2, -0.15) is 0 Å². The van der Waals surface area contributed by atoms with E-state index in [9.17, 15) is 9.59 Å². The maximum Gasteiger partial charge on any atom is 0.250 e. The second kappa shape index (κ2) is 6.20. The molecule has 0 aliphatic carbocycles. The number of amides is 2. The first-order valence-corrected chi connectivity index (χ1v) is 8.31. The Balaban J connectivity index is 1.90. The summed E-state index contributed by atoms with van der Waals surface area (Å²) in [7, 11) is 1.54. The highest BCUT2D eigenvalue weighted by Crippen LogP contribution is 2.43. The zero-order valence-electron chi connectivity index (χ0n) is 13.7. The molecule has 124 valence electrons. The van der Waals surface area contributed by atoms with Gasteiger partial charge in [0.15, 0.2) is 4.75 Å². The number of hydrogen-bond donors (Lipinski definition) is 2. The minimum Gasteiger partial charge on any atom is -0.495 e. The van der Waals surface area contributed by atoms with Crippen LogP contribution in [0.1, 0.15) is 12.5 Å². The zero-order chi connectivity index (χ0) is 17.3. The number of rotatable bonds is 3. The quantitative estimate of drug-likeness (QED) is 0.839. The van der Waals surface area contributed by atoms with Gasteiger partial charge >= 0.3 is 0 Å². The van der Waals surface area contributed by atoms with Crippen LogP contribution in [0.5, 0.6) is 5.75 Å². The van der Waals surface area contributed by atoms with E-state index in [1.807, 2.05) is 43.3 Å². The summed E-state index contributed by atoms with van der Waals surface area (Å²) in [4.78, 5) is 26.2. The van der Waals surface area contributed by atoms with Gasteiger partial charge in [-0.1, -0.05) is 30.0 Å². The second-order valence-corrected chi connectivity index (χ2v) is 7.20. The van der Waals surface area contributed by atoms with E-state index in [-0.39, 0.29) is 11.8 Å². The number of thioether (sulfide) groups is 1. The zero-order valence-corrected chi connectivity index (χ0v) is 14.5. The minimum atomic E-state index is -1.26. The first kappa shape index (κ1) is 16.4. The molecule has 0 aromatic heterocycles. The maximum atomic E-state index is 12.8. The van der Waals surface area contributed by atoms with Crippen molar-refractivity contribution in [2.45, 2.75) is 23.5 Å². The summed E-state index contributed by atoms with van der Waals surface area (Å²) in [6.07, 6.45) is 0. The fraction of sp³-hybridized carbons (Fsp3) is 0.222. The number of anilines is 2. The average Bonchev–Trinajstić information content (AvgIpc) is 2.56. The Morgan fingerprint density at radius 1 is 1.25 bits per heavy atom. The lowest BCUT2D eigenvalue weighted by Gasteiger charge is -2.32. The van der Waals surface area contributed by atoms with Crippen LogP contribution in [0.4, 0.5) is 11.4 Å². The Bertz CT molecular complexity index is 822. The van der Waals surface area contributed by atoms with Crippen LogP contribution in [0.25, 0.3) is 0 Å². The van der Waals surface area contributed by atoms with Crippen molar-refractivity contribution in [2.75, 3.05) is 17.7 Å². The summed E-state index contributed by atoms with van der Waals surface area (Å²) in [6.45, 7) is 3.55. The molecule has 0 radical (unpaired) electrons. The molecule has 0 spiro atoms. The fourth-order valence-electron chi connectivity index (χ4n) is 2.48. The lowest BCUT2D eigenvalue weighted by atomic mass is 10.1. The predicted octanol–water partition coefficient (Wildman–Crippen LogP) is 3.45. The highest BCUT2D eigenvalue weighted by atomic mass is 32.2. The number of para-hydroxylation sites is 1. The molecular formula is C18H18N2O3S. The van der Waals surface area contributed by atoms with Crippen LogP contribution in [0, 0.1) is 6.92 Å². The van der Waals surface area contributed by atoms with Crippen LogP contribution in [-0.4, -0.2) is 23.7 Å². The van der Waals surface area contributed by atoms with Crippen molar-refractivity contribution in [3.8, 4) is 5.75 Å². The van der Waals surface area contributed by atoms with Gasteiger partial charge in [-0.25, -0.2) is 0 Å². The van der Waals surface area contributed by atoms with Crippen molar-refractivity contribution in [1.29, 1.82) is 0 Å². The third-order valence-corrected chi connectivity index (χ3v) is 5.27. The summed E-state index contributed by atoms with van der Waals surface area (Å²) < 4.78 is 4.02. The van der Waals surface area contributed by atoms with Crippen LogP contribution < -0.4 is 15.4 Å². The lowest BCUT2D eigenvalue weighted by Crippen LogP contribution is -2.49. The van der Waals surface area contributed by atoms with E-state index in [0.717, 1.165) is 16.1 Å². The molecule has 24 heavy (non-hydrogen) atoms. The first-order valence-electron chi connectivity index (χ1n) is 7.49. The summed E-state index contributed by atoms with van der Waals surface area (Å²) in [6, 6.07) is 12.9. The van der Waals surface area contributed by atoms with Crippen molar-refractivity contribution < 1.29 is 14.3 Å². The molecule has 2 aromatic rings. The van der Waals surface area contributed by atoms with Gasteiger partial charge in [0.05, 0.1) is 18.5 Å². The number of methoxy groups -OCH3 is 1. The van der Waals surface area contributed by atoms with Crippen molar-refractivity contribution >= 4 is 35.0 Å². The van der Waals surface area contributed by atoms with Gasteiger partial charge < -0.3 is 15.4 Å². The largest absolute Gasteiger partial charge is 0.495 e. The van der Waals surface area contributed by atoms with Gasteiger partial charge in [-0.05, 0) is 43.7 Å². The Morgan fingerprint density at radius 3 is 2.75 bits per heavy atom. The number of ether oxygens (including phenoxy) is 1. The Labute approximate surface area is 144 Å². The molecule has 0 bridgehead atoms. The number of fused-ring (bicyclic) bond motifs is 1. The van der Waals surface area contributed by atoms with Gasteiger partial charge in [0.25, 0.3) is 0 Å². The van der Waals surface area contributed by atoms with Crippen LogP contribution in [0.15, 0.2) is 47.4 Å². The topological polar surface area (TPSA) is 67.4 Å². The van der Waals surface area contributed by atoms with E-state index >= 15 is 0 Å². The van der Waals surface area contributed by atoms with Crippen LogP contribution in [0.2, 0.25) is 0 Å². The number of carbonyl (C=O) groups is 2. The molecule has 1 aliphatic rings. The van der Waals surface area contributed by atoms with Gasteiger partial charge in [-0.3, -0.25) is 9.59 Å². The van der Waals surface area contributed by atoms with Crippen molar-refractivity contribution in [3.05, 3.63) is 48.0 Å². The van der Waals surface area contributed by atoms with Gasteiger partial charge in [0.2, 0.25) is 11.8 Å². The third-order valence-electron chi connectivity index (χ3n) is 3.92. The van der Waals surface area contributed by atoms with Gasteiger partial charge in [0, 0.05) is 4.90 Å². The normalized spacial score (nSPS) is 19.2. The molecule has 1 unspecified atom stereocenters. The highest BCUT2D eigenvalue weighted by Gasteiger charge is 2.46. The molecule has 6 heteroatoms. The monoisotopic (exact) mass is 342 g/mol. The van der Waals surface area contributed by atoms with E-state index in [2.05, 4.69) is 10.6 Å². The number of carbonyl (C=O) groups excluding carboxylic acids is 2. The fourth-order valence-corrected chi connectivity index (χ4v) is 3.58. The van der Waals surface area contributed by atoms with E-state index < -0.39 is 4.75 Å². The van der Waals surface area contributed by atoms with Crippen LogP contribution >= 0.6 is 11.8 Å². The Morgan fingerprint density at radius 2 is 2.00 bits per heavy atom. The molecule has 0 saturated heterocycles. The maximum absolute atomic E-state index is 12.8. The molecule has 1 aliphatic heterocycles. The van der Waals surface area contributed by atoms with Crippen LogP contribution in [0.3, 0.4) is 0 Å². The average molecular weight is 342 g/mol. The van der Waals surface area contributed by atoms with E-state index in [1.165, 1.54) is 11.8 Å². The molecule has 3 rings (SSSR count). The molecule has 0 saturated carbocycles. The SMILES string of the molecule is COc1ccc(C)cc1NC(=O)C1(C)Sc2ccccc2NC1=O. The summed E-state index contributed by atoms with van der Waals surface area (Å²) in [5.74, 6) is -0.169. The van der Waals surface area contributed by atoms with E-state index in [0.29, 0.717) is 11.4 Å². The molecule has 2 N–H and O–H groups in total. The molecular weight excluding hydrogens is 324 g/mol. The molecule has 2 amide bonds.